The predicted molar refractivity (Wildman–Crippen MR) is 167 cm³/mol. The Labute approximate surface area is 262 Å². The van der Waals surface area contributed by atoms with Gasteiger partial charge in [0.15, 0.2) is 0 Å². The molecule has 2 saturated heterocycles. The van der Waals surface area contributed by atoms with E-state index in [0.29, 0.717) is 43.2 Å². The number of ether oxygens (including phenoxy) is 2. The van der Waals surface area contributed by atoms with Crippen molar-refractivity contribution in [1.82, 2.24) is 0 Å². The van der Waals surface area contributed by atoms with Crippen molar-refractivity contribution in [3.8, 4) is 5.75 Å². The molecule has 0 spiro atoms. The molecule has 0 amide bonds. The average molecular weight is 625 g/mol. The van der Waals surface area contributed by atoms with Crippen molar-refractivity contribution in [3.63, 3.8) is 0 Å². The van der Waals surface area contributed by atoms with E-state index in [1.807, 2.05) is 27.7 Å². The number of aromatic carboxylic acids is 1. The summed E-state index contributed by atoms with van der Waals surface area (Å²) in [5, 5.41) is 42.5. The second kappa shape index (κ2) is 14.2. The summed E-state index contributed by atoms with van der Waals surface area (Å²) in [6, 6.07) is 1.54. The van der Waals surface area contributed by atoms with Gasteiger partial charge in [0.05, 0.1) is 35.6 Å². The Kier molecular flexibility index (Phi) is 11.8. The van der Waals surface area contributed by atoms with Crippen molar-refractivity contribution < 1.29 is 39.5 Å². The number of carboxylic acid groups (broad SMARTS) is 1. The number of rotatable bonds is 13. The van der Waals surface area contributed by atoms with Gasteiger partial charge in [-0.05, 0) is 94.2 Å². The van der Waals surface area contributed by atoms with Crippen molar-refractivity contribution in [2.45, 2.75) is 142 Å². The van der Waals surface area contributed by atoms with Crippen LogP contribution in [0.3, 0.4) is 0 Å². The SMILES string of the molecule is CC[C@@H](C(=O)[C@@H](C)[C@@H](O)[C@H](C)CCc1c(Cl)cc(C)c(O)c1C(=O)O)[C@H]1O[C@](CC)([C@H]2CC[C@](O)(CC)[C@H](C)O2)C[C@@H]1C. The summed E-state index contributed by atoms with van der Waals surface area (Å²) in [5.74, 6) is -2.87. The molecule has 1 aromatic carbocycles. The fraction of sp³-hybridized carbons (Fsp3) is 0.765. The summed E-state index contributed by atoms with van der Waals surface area (Å²) < 4.78 is 13.2. The number of aliphatic hydroxyl groups excluding tert-OH is 1. The Morgan fingerprint density at radius 1 is 1.16 bits per heavy atom. The summed E-state index contributed by atoms with van der Waals surface area (Å²) in [4.78, 5) is 25.8. The number of aromatic hydroxyl groups is 1. The minimum absolute atomic E-state index is 0.0406. The van der Waals surface area contributed by atoms with E-state index in [0.717, 1.165) is 12.8 Å². The molecule has 43 heavy (non-hydrogen) atoms. The number of aryl methyl sites for hydroxylation is 1. The van der Waals surface area contributed by atoms with E-state index in [4.69, 9.17) is 21.1 Å². The lowest BCUT2D eigenvalue weighted by Crippen LogP contribution is -2.55. The molecule has 3 rings (SSSR count). The number of Topliss-reactive ketones (excluding diaryl/α,β-unsaturated/α-hetero) is 1. The Morgan fingerprint density at radius 3 is 2.35 bits per heavy atom. The monoisotopic (exact) mass is 624 g/mol. The first-order valence-electron chi connectivity index (χ1n) is 16.1. The minimum Gasteiger partial charge on any atom is -0.507 e. The lowest BCUT2D eigenvalue weighted by atomic mass is 9.76. The van der Waals surface area contributed by atoms with Gasteiger partial charge >= 0.3 is 5.97 Å². The van der Waals surface area contributed by atoms with Crippen LogP contribution in [0.1, 0.15) is 115 Å². The molecule has 2 aliphatic heterocycles. The van der Waals surface area contributed by atoms with Crippen LogP contribution in [0.4, 0.5) is 0 Å². The zero-order valence-corrected chi connectivity index (χ0v) is 27.9. The topological polar surface area (TPSA) is 134 Å². The first kappa shape index (κ1) is 35.8. The van der Waals surface area contributed by atoms with Crippen molar-refractivity contribution in [2.75, 3.05) is 0 Å². The van der Waals surface area contributed by atoms with Crippen LogP contribution in [-0.4, -0.2) is 67.8 Å². The zero-order valence-electron chi connectivity index (χ0n) is 27.2. The number of halogens is 1. The molecule has 9 heteroatoms. The van der Waals surface area contributed by atoms with E-state index in [1.165, 1.54) is 0 Å². The van der Waals surface area contributed by atoms with Crippen molar-refractivity contribution in [1.29, 1.82) is 0 Å². The molecule has 0 bridgehead atoms. The number of hydrogen-bond donors (Lipinski definition) is 4. The molecule has 0 saturated carbocycles. The van der Waals surface area contributed by atoms with Crippen molar-refractivity contribution in [3.05, 3.63) is 27.8 Å². The molecule has 4 N–H and O–H groups in total. The molecule has 0 radical (unpaired) electrons. The van der Waals surface area contributed by atoms with Gasteiger partial charge in [-0.1, -0.05) is 53.1 Å². The molecule has 0 unspecified atom stereocenters. The Morgan fingerprint density at radius 2 is 1.81 bits per heavy atom. The van der Waals surface area contributed by atoms with E-state index in [-0.39, 0.29) is 58.7 Å². The molecule has 2 heterocycles. The summed E-state index contributed by atoms with van der Waals surface area (Å²) >= 11 is 6.37. The average Bonchev–Trinajstić information content (AvgIpc) is 3.31. The molecule has 2 aliphatic rings. The highest BCUT2D eigenvalue weighted by atomic mass is 35.5. The van der Waals surface area contributed by atoms with Gasteiger partial charge in [-0.3, -0.25) is 4.79 Å². The molecule has 10 atom stereocenters. The number of benzene rings is 1. The maximum Gasteiger partial charge on any atom is 0.339 e. The molecule has 2 fully saturated rings. The third-order valence-corrected chi connectivity index (χ3v) is 11.1. The van der Waals surface area contributed by atoms with E-state index >= 15 is 0 Å². The van der Waals surface area contributed by atoms with E-state index in [2.05, 4.69) is 13.8 Å². The van der Waals surface area contributed by atoms with Crippen LogP contribution in [0.5, 0.6) is 5.75 Å². The van der Waals surface area contributed by atoms with Gasteiger partial charge in [-0.2, -0.15) is 0 Å². The van der Waals surface area contributed by atoms with Crippen LogP contribution < -0.4 is 0 Å². The molecule has 244 valence electrons. The van der Waals surface area contributed by atoms with E-state index in [1.54, 1.807) is 19.9 Å². The highest BCUT2D eigenvalue weighted by Crippen LogP contribution is 2.48. The fourth-order valence-corrected chi connectivity index (χ4v) is 7.88. The van der Waals surface area contributed by atoms with Gasteiger partial charge < -0.3 is 29.9 Å². The third kappa shape index (κ3) is 7.09. The molecule has 0 aliphatic carbocycles. The number of carbonyl (C=O) groups is 2. The van der Waals surface area contributed by atoms with Crippen LogP contribution in [-0.2, 0) is 20.7 Å². The smallest absolute Gasteiger partial charge is 0.339 e. The summed E-state index contributed by atoms with van der Waals surface area (Å²) in [6.45, 7) is 15.3. The van der Waals surface area contributed by atoms with Crippen molar-refractivity contribution >= 4 is 23.4 Å². The van der Waals surface area contributed by atoms with Crippen LogP contribution in [0.15, 0.2) is 6.07 Å². The number of hydrogen-bond acceptors (Lipinski definition) is 7. The van der Waals surface area contributed by atoms with Crippen LogP contribution in [0.2, 0.25) is 5.02 Å². The second-order valence-electron chi connectivity index (χ2n) is 13.3. The largest absolute Gasteiger partial charge is 0.507 e. The lowest BCUT2D eigenvalue weighted by molar-refractivity contribution is -0.229. The van der Waals surface area contributed by atoms with Gasteiger partial charge in [-0.15, -0.1) is 0 Å². The summed E-state index contributed by atoms with van der Waals surface area (Å²) in [5.41, 5.74) is -0.880. The highest BCUT2D eigenvalue weighted by molar-refractivity contribution is 6.32. The van der Waals surface area contributed by atoms with Crippen molar-refractivity contribution in [2.24, 2.45) is 23.7 Å². The summed E-state index contributed by atoms with van der Waals surface area (Å²) in [7, 11) is 0. The number of phenols is 1. The third-order valence-electron chi connectivity index (χ3n) is 10.7. The first-order chi connectivity index (χ1) is 20.1. The van der Waals surface area contributed by atoms with Gasteiger partial charge in [0, 0.05) is 16.9 Å². The molecule has 8 nitrogen and oxygen atoms in total. The highest BCUT2D eigenvalue weighted by Gasteiger charge is 2.55. The number of carbonyl (C=O) groups excluding carboxylic acids is 1. The standard InChI is InChI=1S/C34H53ClO8/c1-9-23(31-20(6)17-34(11-3,43-31)26-14-15-33(41,10-2)22(8)42-26)30(38)21(7)28(36)18(4)12-13-24-25(35)16-19(5)29(37)27(24)32(39)40/h16,18,20-23,26,28,31,36-37,41H,9-15,17H2,1-8H3,(H,39,40)/t18-,20+,21+,22+,23+,26-,28+,31+,33-,34+/m1/s1. The molecule has 1 aromatic rings. The molecular formula is C34H53ClO8. The Balaban J connectivity index is 1.71. The fourth-order valence-electron chi connectivity index (χ4n) is 7.53. The summed E-state index contributed by atoms with van der Waals surface area (Å²) in [6.07, 6.45) is 2.97. The predicted octanol–water partition coefficient (Wildman–Crippen LogP) is 6.50. The lowest BCUT2D eigenvalue weighted by Gasteiger charge is -2.47. The minimum atomic E-state index is -1.26. The van der Waals surface area contributed by atoms with Gasteiger partial charge in [-0.25, -0.2) is 4.79 Å². The molecule has 0 aromatic heterocycles. The number of carboxylic acids is 1. The number of ketones is 1. The number of aliphatic hydroxyl groups is 2. The zero-order chi connectivity index (χ0) is 32.4. The van der Waals surface area contributed by atoms with Gasteiger partial charge in [0.25, 0.3) is 0 Å². The van der Waals surface area contributed by atoms with Crippen LogP contribution in [0.25, 0.3) is 0 Å². The normalized spacial score (nSPS) is 32.3. The Hall–Kier alpha value is -1.71. The van der Waals surface area contributed by atoms with E-state index < -0.39 is 35.1 Å². The van der Waals surface area contributed by atoms with Crippen LogP contribution in [0, 0.1) is 30.6 Å². The van der Waals surface area contributed by atoms with Gasteiger partial charge in [0.2, 0.25) is 0 Å². The van der Waals surface area contributed by atoms with Gasteiger partial charge in [0.1, 0.15) is 17.1 Å². The maximum absolute atomic E-state index is 13.9. The second-order valence-corrected chi connectivity index (χ2v) is 13.7. The van der Waals surface area contributed by atoms with Crippen LogP contribution >= 0.6 is 11.6 Å². The maximum atomic E-state index is 13.9. The molecular weight excluding hydrogens is 572 g/mol. The van der Waals surface area contributed by atoms with E-state index in [9.17, 15) is 30.0 Å². The first-order valence-corrected chi connectivity index (χ1v) is 16.5. The quantitative estimate of drug-likeness (QED) is 0.196. The Bertz CT molecular complexity index is 1160.